The average Bonchev–Trinajstić information content (AvgIpc) is 3.06. The van der Waals surface area contributed by atoms with Crippen LogP contribution in [-0.2, 0) is 5.72 Å². The van der Waals surface area contributed by atoms with Crippen molar-refractivity contribution in [1.29, 1.82) is 0 Å². The Hall–Kier alpha value is -2.77. The van der Waals surface area contributed by atoms with Crippen molar-refractivity contribution < 1.29 is 9.90 Å². The third-order valence-electron chi connectivity index (χ3n) is 5.74. The molecule has 1 fully saturated rings. The van der Waals surface area contributed by atoms with Gasteiger partial charge >= 0.3 is 6.03 Å². The molecule has 1 N–H and O–H groups in total. The van der Waals surface area contributed by atoms with Crippen molar-refractivity contribution in [3.05, 3.63) is 82.8 Å². The second-order valence-corrected chi connectivity index (χ2v) is 8.88. The summed E-state index contributed by atoms with van der Waals surface area (Å²) in [5.74, 6) is 0. The summed E-state index contributed by atoms with van der Waals surface area (Å²) in [5, 5.41) is 12.0. The molecule has 0 spiro atoms. The Morgan fingerprint density at radius 2 is 1.65 bits per heavy atom. The standard InChI is InChI=1S/C24H25BBrN3O2/c1-25-18-7-11-20(12-8-18)28-16-24(31,17-5-4-6-22(15-17)27(2)3)29(23(28)30)21-13-9-19(26)10-14-21/h4-15,25,31H,16H2,1-3H3. The predicted octanol–water partition coefficient (Wildman–Crippen LogP) is 3.92. The number of aliphatic hydroxyl groups is 1. The number of benzene rings is 3. The maximum absolute atomic E-state index is 13.6. The summed E-state index contributed by atoms with van der Waals surface area (Å²) >= 11 is 3.45. The lowest BCUT2D eigenvalue weighted by Gasteiger charge is -2.33. The van der Waals surface area contributed by atoms with Crippen LogP contribution in [0.5, 0.6) is 0 Å². The Balaban J connectivity index is 1.82. The largest absolute Gasteiger partial charge is 0.378 e. The highest BCUT2D eigenvalue weighted by molar-refractivity contribution is 9.10. The molecule has 31 heavy (non-hydrogen) atoms. The molecule has 3 aromatic carbocycles. The first-order chi connectivity index (χ1) is 14.8. The van der Waals surface area contributed by atoms with Crippen LogP contribution < -0.4 is 20.2 Å². The van der Waals surface area contributed by atoms with Gasteiger partial charge in [0.1, 0.15) is 0 Å². The number of rotatable bonds is 5. The molecule has 0 saturated carbocycles. The van der Waals surface area contributed by atoms with Crippen LogP contribution in [0.4, 0.5) is 21.9 Å². The number of urea groups is 1. The lowest BCUT2D eigenvalue weighted by atomic mass is 9.73. The first-order valence-corrected chi connectivity index (χ1v) is 11.1. The highest BCUT2D eigenvalue weighted by Gasteiger charge is 2.51. The molecule has 1 aliphatic rings. The summed E-state index contributed by atoms with van der Waals surface area (Å²) in [6.07, 6.45) is 0. The van der Waals surface area contributed by atoms with E-state index in [4.69, 9.17) is 0 Å². The topological polar surface area (TPSA) is 47.0 Å². The number of nitrogens with zero attached hydrogens (tertiary/aromatic N) is 3. The number of amides is 2. The molecule has 5 nitrogen and oxygen atoms in total. The molecule has 4 rings (SSSR count). The van der Waals surface area contributed by atoms with Gasteiger partial charge in [0.15, 0.2) is 13.0 Å². The maximum Gasteiger partial charge on any atom is 0.331 e. The van der Waals surface area contributed by atoms with Crippen molar-refractivity contribution in [2.45, 2.75) is 12.5 Å². The van der Waals surface area contributed by atoms with Crippen molar-refractivity contribution in [2.24, 2.45) is 0 Å². The smallest absolute Gasteiger partial charge is 0.331 e. The zero-order valence-corrected chi connectivity index (χ0v) is 19.5. The second kappa shape index (κ2) is 8.40. The van der Waals surface area contributed by atoms with Crippen LogP contribution in [0, 0.1) is 0 Å². The summed E-state index contributed by atoms with van der Waals surface area (Å²) in [7, 11) is 4.84. The van der Waals surface area contributed by atoms with Gasteiger partial charge in [-0.1, -0.05) is 52.5 Å². The van der Waals surface area contributed by atoms with Crippen LogP contribution in [0.15, 0.2) is 77.3 Å². The number of carbonyl (C=O) groups excluding carboxylic acids is 1. The number of β-amino-alcohol motifs (C(OH)–C–C–N with tert-alkyl or cyclic N) is 1. The van der Waals surface area contributed by atoms with Gasteiger partial charge in [0.2, 0.25) is 0 Å². The van der Waals surface area contributed by atoms with Crippen LogP contribution in [0.1, 0.15) is 5.56 Å². The van der Waals surface area contributed by atoms with Gasteiger partial charge in [0, 0.05) is 41.2 Å². The third kappa shape index (κ3) is 3.95. The Morgan fingerprint density at radius 3 is 2.26 bits per heavy atom. The molecule has 1 unspecified atom stereocenters. The number of anilines is 3. The van der Waals surface area contributed by atoms with Gasteiger partial charge < -0.3 is 10.0 Å². The van der Waals surface area contributed by atoms with E-state index in [2.05, 4.69) is 22.8 Å². The number of hydrogen-bond acceptors (Lipinski definition) is 3. The van der Waals surface area contributed by atoms with Crippen molar-refractivity contribution in [3.63, 3.8) is 0 Å². The van der Waals surface area contributed by atoms with Crippen LogP contribution in [-0.4, -0.2) is 39.1 Å². The summed E-state index contributed by atoms with van der Waals surface area (Å²) < 4.78 is 0.910. The second-order valence-electron chi connectivity index (χ2n) is 7.96. The van der Waals surface area contributed by atoms with E-state index in [9.17, 15) is 9.90 Å². The molecule has 158 valence electrons. The highest BCUT2D eigenvalue weighted by atomic mass is 79.9. The Bertz CT molecular complexity index is 1090. The monoisotopic (exact) mass is 477 g/mol. The van der Waals surface area contributed by atoms with Gasteiger partial charge in [0.05, 0.1) is 6.54 Å². The van der Waals surface area contributed by atoms with E-state index >= 15 is 0 Å². The summed E-state index contributed by atoms with van der Waals surface area (Å²) in [4.78, 5) is 18.7. The molecule has 2 amide bonds. The molecule has 1 atom stereocenters. The molecule has 7 heteroatoms. The molecule has 1 heterocycles. The molecule has 1 aliphatic heterocycles. The molecular formula is C24H25BBrN3O2. The minimum Gasteiger partial charge on any atom is -0.378 e. The molecule has 0 radical (unpaired) electrons. The van der Waals surface area contributed by atoms with Crippen LogP contribution >= 0.6 is 15.9 Å². The predicted molar refractivity (Wildman–Crippen MR) is 133 cm³/mol. The fourth-order valence-corrected chi connectivity index (χ4v) is 4.18. The van der Waals surface area contributed by atoms with Crippen molar-refractivity contribution >= 4 is 51.8 Å². The Labute approximate surface area is 192 Å². The van der Waals surface area contributed by atoms with Gasteiger partial charge in [-0.05, 0) is 48.5 Å². The fourth-order valence-electron chi connectivity index (χ4n) is 3.92. The van der Waals surface area contributed by atoms with E-state index in [1.807, 2.05) is 91.8 Å². The minimum absolute atomic E-state index is 0.129. The van der Waals surface area contributed by atoms with Gasteiger partial charge in [-0.2, -0.15) is 0 Å². The van der Waals surface area contributed by atoms with Crippen molar-refractivity contribution in [2.75, 3.05) is 35.3 Å². The van der Waals surface area contributed by atoms with E-state index in [1.165, 1.54) is 10.4 Å². The van der Waals surface area contributed by atoms with Crippen LogP contribution in [0.25, 0.3) is 0 Å². The molecule has 1 saturated heterocycles. The summed E-state index contributed by atoms with van der Waals surface area (Å²) in [6.45, 7) is 2.23. The van der Waals surface area contributed by atoms with E-state index in [-0.39, 0.29) is 12.6 Å². The van der Waals surface area contributed by atoms with Gasteiger partial charge in [0.25, 0.3) is 0 Å². The van der Waals surface area contributed by atoms with Gasteiger partial charge in [-0.15, -0.1) is 0 Å². The number of halogens is 1. The summed E-state index contributed by atoms with van der Waals surface area (Å²) in [6, 6.07) is 22.8. The highest BCUT2D eigenvalue weighted by Crippen LogP contribution is 2.40. The first kappa shape index (κ1) is 21.5. The van der Waals surface area contributed by atoms with Gasteiger partial charge in [-0.25, -0.2) is 4.79 Å². The number of hydrogen-bond donors (Lipinski definition) is 1. The third-order valence-corrected chi connectivity index (χ3v) is 6.27. The van der Waals surface area contributed by atoms with Crippen molar-refractivity contribution in [3.8, 4) is 0 Å². The van der Waals surface area contributed by atoms with Gasteiger partial charge in [-0.3, -0.25) is 9.80 Å². The van der Waals surface area contributed by atoms with E-state index in [0.717, 1.165) is 23.1 Å². The zero-order valence-electron chi connectivity index (χ0n) is 17.9. The van der Waals surface area contributed by atoms with Crippen LogP contribution in [0.2, 0.25) is 6.82 Å². The number of carbonyl (C=O) groups is 1. The van der Waals surface area contributed by atoms with E-state index in [1.54, 1.807) is 4.90 Å². The molecule has 0 bridgehead atoms. The quantitative estimate of drug-likeness (QED) is 0.566. The normalized spacial score (nSPS) is 18.4. The van der Waals surface area contributed by atoms with E-state index in [0.29, 0.717) is 11.3 Å². The zero-order chi connectivity index (χ0) is 22.2. The minimum atomic E-state index is -1.51. The Kier molecular flexibility index (Phi) is 5.82. The molecular weight excluding hydrogens is 453 g/mol. The average molecular weight is 478 g/mol. The summed E-state index contributed by atoms with van der Waals surface area (Å²) in [5.41, 5.74) is 2.72. The molecule has 3 aromatic rings. The fraction of sp³-hybridized carbons (Fsp3) is 0.208. The maximum atomic E-state index is 13.6. The SMILES string of the molecule is CBc1ccc(N2CC(O)(c3cccc(N(C)C)c3)N(c3ccc(Br)cc3)C2=O)cc1. The molecule has 0 aromatic heterocycles. The van der Waals surface area contributed by atoms with Crippen LogP contribution in [0.3, 0.4) is 0 Å². The lowest BCUT2D eigenvalue weighted by Crippen LogP contribution is -2.45. The molecule has 0 aliphatic carbocycles. The first-order valence-electron chi connectivity index (χ1n) is 10.3. The van der Waals surface area contributed by atoms with E-state index < -0.39 is 5.72 Å². The lowest BCUT2D eigenvalue weighted by molar-refractivity contribution is 0.0656. The Morgan fingerprint density at radius 1 is 1.00 bits per heavy atom. The van der Waals surface area contributed by atoms with Crippen molar-refractivity contribution in [1.82, 2.24) is 0 Å².